The highest BCUT2D eigenvalue weighted by molar-refractivity contribution is 5.91. The van der Waals surface area contributed by atoms with Crippen LogP contribution in [-0.4, -0.2) is 15.9 Å². The Morgan fingerprint density at radius 2 is 2.38 bits per heavy atom. The molecule has 4 nitrogen and oxygen atoms in total. The van der Waals surface area contributed by atoms with Gasteiger partial charge in [0, 0.05) is 12.3 Å². The number of carbonyl (C=O) groups excluding carboxylic acids is 1. The molecular weight excluding hydrogens is 168 g/mol. The van der Waals surface area contributed by atoms with Gasteiger partial charge in [-0.15, -0.1) is 0 Å². The van der Waals surface area contributed by atoms with Crippen LogP contribution in [0.2, 0.25) is 0 Å². The van der Waals surface area contributed by atoms with E-state index in [0.717, 1.165) is 19.3 Å². The van der Waals surface area contributed by atoms with Gasteiger partial charge in [-0.25, -0.2) is 0 Å². The zero-order valence-electron chi connectivity index (χ0n) is 7.62. The Labute approximate surface area is 76.3 Å². The van der Waals surface area contributed by atoms with Crippen LogP contribution in [0.3, 0.4) is 0 Å². The van der Waals surface area contributed by atoms with Crippen LogP contribution in [-0.2, 0) is 0 Å². The van der Waals surface area contributed by atoms with Crippen molar-refractivity contribution in [3.8, 4) is 0 Å². The van der Waals surface area contributed by atoms with Crippen LogP contribution in [0.5, 0.6) is 0 Å². The van der Waals surface area contributed by atoms with Gasteiger partial charge >= 0.3 is 0 Å². The number of hydrogen-bond donors (Lipinski definition) is 0. The van der Waals surface area contributed by atoms with Crippen molar-refractivity contribution in [2.75, 3.05) is 0 Å². The van der Waals surface area contributed by atoms with Crippen molar-refractivity contribution in [3.05, 3.63) is 11.7 Å². The fourth-order valence-electron chi connectivity index (χ4n) is 1.19. The molecule has 1 aliphatic carbocycles. The van der Waals surface area contributed by atoms with Gasteiger partial charge in [0.15, 0.2) is 5.82 Å². The summed E-state index contributed by atoms with van der Waals surface area (Å²) in [5.74, 6) is 1.30. The van der Waals surface area contributed by atoms with Gasteiger partial charge in [-0.05, 0) is 19.3 Å². The molecule has 0 radical (unpaired) electrons. The Morgan fingerprint density at radius 3 is 3.00 bits per heavy atom. The molecule has 1 aliphatic rings. The summed E-state index contributed by atoms with van der Waals surface area (Å²) in [6.07, 6.45) is 3.56. The van der Waals surface area contributed by atoms with E-state index in [1.165, 1.54) is 0 Å². The number of aromatic nitrogens is 2. The number of hydrogen-bond acceptors (Lipinski definition) is 4. The first-order chi connectivity index (χ1) is 6.31. The van der Waals surface area contributed by atoms with E-state index in [4.69, 9.17) is 4.52 Å². The number of ketones is 1. The number of Topliss-reactive ketones (excluding diaryl/α,β-unsaturated/α-hetero) is 1. The molecule has 0 unspecified atom stereocenters. The highest BCUT2D eigenvalue weighted by Crippen LogP contribution is 2.38. The standard InChI is InChI=1S/C9H12N2O2/c1-2-3-7(12)9-10-8(11-13-9)6-4-5-6/h6H,2-5H2,1H3. The molecule has 0 atom stereocenters. The Hall–Kier alpha value is -1.19. The van der Waals surface area contributed by atoms with Gasteiger partial charge in [-0.1, -0.05) is 12.1 Å². The molecule has 0 N–H and O–H groups in total. The van der Waals surface area contributed by atoms with E-state index in [1.54, 1.807) is 0 Å². The van der Waals surface area contributed by atoms with Gasteiger partial charge in [0.25, 0.3) is 5.89 Å². The first kappa shape index (κ1) is 8.41. The van der Waals surface area contributed by atoms with Crippen LogP contribution in [0.25, 0.3) is 0 Å². The molecule has 4 heteroatoms. The number of nitrogens with zero attached hydrogens (tertiary/aromatic N) is 2. The third kappa shape index (κ3) is 1.76. The summed E-state index contributed by atoms with van der Waals surface area (Å²) in [4.78, 5) is 15.4. The second-order valence-electron chi connectivity index (χ2n) is 3.41. The lowest BCUT2D eigenvalue weighted by Gasteiger charge is -1.87. The van der Waals surface area contributed by atoms with Crippen molar-refractivity contribution in [1.29, 1.82) is 0 Å². The lowest BCUT2D eigenvalue weighted by Crippen LogP contribution is -1.98. The van der Waals surface area contributed by atoms with Gasteiger partial charge in [-0.3, -0.25) is 4.79 Å². The second-order valence-corrected chi connectivity index (χ2v) is 3.41. The average molecular weight is 180 g/mol. The normalized spacial score (nSPS) is 16.1. The first-order valence-electron chi connectivity index (χ1n) is 4.68. The maximum absolute atomic E-state index is 11.3. The first-order valence-corrected chi connectivity index (χ1v) is 4.68. The molecule has 1 aromatic rings. The summed E-state index contributed by atoms with van der Waals surface area (Å²) in [5.41, 5.74) is 0. The SMILES string of the molecule is CCCC(=O)c1nc(C2CC2)no1. The topological polar surface area (TPSA) is 56.0 Å². The molecule has 1 saturated carbocycles. The van der Waals surface area contributed by atoms with E-state index >= 15 is 0 Å². The molecular formula is C9H12N2O2. The highest BCUT2D eigenvalue weighted by Gasteiger charge is 2.29. The summed E-state index contributed by atoms with van der Waals surface area (Å²) in [6, 6.07) is 0. The van der Waals surface area contributed by atoms with Crippen LogP contribution >= 0.6 is 0 Å². The van der Waals surface area contributed by atoms with E-state index in [2.05, 4.69) is 10.1 Å². The van der Waals surface area contributed by atoms with E-state index < -0.39 is 0 Å². The van der Waals surface area contributed by atoms with Crippen LogP contribution in [0.4, 0.5) is 0 Å². The minimum absolute atomic E-state index is 0.0399. The molecule has 70 valence electrons. The Balaban J connectivity index is 2.07. The summed E-state index contributed by atoms with van der Waals surface area (Å²) in [6.45, 7) is 1.95. The molecule has 0 amide bonds. The van der Waals surface area contributed by atoms with Gasteiger partial charge in [0.2, 0.25) is 5.78 Å². The van der Waals surface area contributed by atoms with Gasteiger partial charge in [-0.2, -0.15) is 4.98 Å². The molecule has 13 heavy (non-hydrogen) atoms. The summed E-state index contributed by atoms with van der Waals surface area (Å²) in [5, 5.41) is 3.77. The zero-order chi connectivity index (χ0) is 9.26. The van der Waals surface area contributed by atoms with Crippen LogP contribution in [0.1, 0.15) is 55.0 Å². The minimum Gasteiger partial charge on any atom is -0.331 e. The Morgan fingerprint density at radius 1 is 1.62 bits per heavy atom. The Bertz CT molecular complexity index is 315. The van der Waals surface area contributed by atoms with Crippen LogP contribution in [0.15, 0.2) is 4.52 Å². The molecule has 1 fully saturated rings. The fraction of sp³-hybridized carbons (Fsp3) is 0.667. The van der Waals surface area contributed by atoms with Gasteiger partial charge < -0.3 is 4.52 Å². The quantitative estimate of drug-likeness (QED) is 0.664. The van der Waals surface area contributed by atoms with Gasteiger partial charge in [0.1, 0.15) is 0 Å². The van der Waals surface area contributed by atoms with Crippen molar-refractivity contribution in [1.82, 2.24) is 10.1 Å². The van der Waals surface area contributed by atoms with E-state index in [-0.39, 0.29) is 11.7 Å². The van der Waals surface area contributed by atoms with Gasteiger partial charge in [0.05, 0.1) is 0 Å². The van der Waals surface area contributed by atoms with Crippen molar-refractivity contribution in [2.45, 2.75) is 38.5 Å². The maximum atomic E-state index is 11.3. The van der Waals surface area contributed by atoms with Crippen molar-refractivity contribution in [2.24, 2.45) is 0 Å². The molecule has 0 bridgehead atoms. The summed E-state index contributed by atoms with van der Waals surface area (Å²) < 4.78 is 4.87. The van der Waals surface area contributed by atoms with E-state index in [9.17, 15) is 4.79 Å². The largest absolute Gasteiger partial charge is 0.331 e. The molecule has 1 aromatic heterocycles. The van der Waals surface area contributed by atoms with E-state index in [0.29, 0.717) is 18.2 Å². The molecule has 0 aromatic carbocycles. The molecule has 0 saturated heterocycles. The maximum Gasteiger partial charge on any atom is 0.293 e. The van der Waals surface area contributed by atoms with E-state index in [1.807, 2.05) is 6.92 Å². The number of carbonyl (C=O) groups is 1. The molecule has 0 spiro atoms. The zero-order valence-corrected chi connectivity index (χ0v) is 7.62. The second kappa shape index (κ2) is 3.28. The Kier molecular flexibility index (Phi) is 2.12. The third-order valence-electron chi connectivity index (χ3n) is 2.10. The number of rotatable bonds is 4. The van der Waals surface area contributed by atoms with Crippen LogP contribution < -0.4 is 0 Å². The lowest BCUT2D eigenvalue weighted by molar-refractivity contribution is 0.0939. The molecule has 1 heterocycles. The van der Waals surface area contributed by atoms with Crippen molar-refractivity contribution >= 4 is 5.78 Å². The van der Waals surface area contributed by atoms with Crippen molar-refractivity contribution in [3.63, 3.8) is 0 Å². The van der Waals surface area contributed by atoms with Crippen LogP contribution in [0, 0.1) is 0 Å². The summed E-state index contributed by atoms with van der Waals surface area (Å²) in [7, 11) is 0. The highest BCUT2D eigenvalue weighted by atomic mass is 16.5. The summed E-state index contributed by atoms with van der Waals surface area (Å²) >= 11 is 0. The average Bonchev–Trinajstić information content (AvgIpc) is 2.84. The third-order valence-corrected chi connectivity index (χ3v) is 2.10. The predicted molar refractivity (Wildman–Crippen MR) is 45.5 cm³/mol. The van der Waals surface area contributed by atoms with Crippen molar-refractivity contribution < 1.29 is 9.32 Å². The predicted octanol–water partition coefficient (Wildman–Crippen LogP) is 1.93. The smallest absolute Gasteiger partial charge is 0.293 e. The lowest BCUT2D eigenvalue weighted by atomic mass is 10.2. The molecule has 2 rings (SSSR count). The monoisotopic (exact) mass is 180 g/mol. The minimum atomic E-state index is -0.0399. The fourth-order valence-corrected chi connectivity index (χ4v) is 1.19. The molecule has 0 aliphatic heterocycles.